The fourth-order valence-corrected chi connectivity index (χ4v) is 3.71. The highest BCUT2D eigenvalue weighted by Crippen LogP contribution is 2.29. The maximum Gasteiger partial charge on any atom is 0.141 e. The molecule has 1 saturated heterocycles. The van der Waals surface area contributed by atoms with E-state index in [1.807, 2.05) is 0 Å². The van der Waals surface area contributed by atoms with Crippen molar-refractivity contribution >= 4 is 17.3 Å². The molecule has 1 aliphatic carbocycles. The summed E-state index contributed by atoms with van der Waals surface area (Å²) < 4.78 is 13.2. The number of nitrogens with two attached hydrogens (primary N) is 1. The van der Waals surface area contributed by atoms with Crippen molar-refractivity contribution in [2.75, 3.05) is 18.4 Å². The summed E-state index contributed by atoms with van der Waals surface area (Å²) >= 11 is 5.83. The number of rotatable bonds is 3. The van der Waals surface area contributed by atoms with Gasteiger partial charge in [-0.1, -0.05) is 11.6 Å². The molecule has 0 unspecified atom stereocenters. The predicted molar refractivity (Wildman–Crippen MR) is 89.3 cm³/mol. The van der Waals surface area contributed by atoms with Crippen LogP contribution in [-0.4, -0.2) is 30.1 Å². The molecule has 1 radical (unpaired) electrons. The molecule has 5 heteroatoms. The number of hydrogen-bond donors (Lipinski definition) is 2. The quantitative estimate of drug-likeness (QED) is 0.889. The smallest absolute Gasteiger partial charge is 0.141 e. The molecule has 0 aromatic heterocycles. The molecular weight excluding hydrogens is 301 g/mol. The van der Waals surface area contributed by atoms with Gasteiger partial charge in [0.2, 0.25) is 0 Å². The van der Waals surface area contributed by atoms with E-state index in [0.29, 0.717) is 12.1 Å². The van der Waals surface area contributed by atoms with Gasteiger partial charge in [0.25, 0.3) is 0 Å². The molecule has 1 aliphatic heterocycles. The third-order valence-corrected chi connectivity index (χ3v) is 5.19. The van der Waals surface area contributed by atoms with Crippen molar-refractivity contribution in [2.45, 2.75) is 50.6 Å². The molecule has 121 valence electrons. The first kappa shape index (κ1) is 16.0. The molecule has 3 rings (SSSR count). The second-order valence-electron chi connectivity index (χ2n) is 6.46. The van der Waals surface area contributed by atoms with Gasteiger partial charge in [-0.15, -0.1) is 0 Å². The minimum atomic E-state index is -0.373. The van der Waals surface area contributed by atoms with E-state index in [4.69, 9.17) is 17.3 Å². The molecule has 1 saturated carbocycles. The van der Waals surface area contributed by atoms with Crippen molar-refractivity contribution in [1.82, 2.24) is 4.90 Å². The van der Waals surface area contributed by atoms with E-state index in [1.165, 1.54) is 24.9 Å². The first-order valence-corrected chi connectivity index (χ1v) is 8.56. The number of hydrogen-bond acceptors (Lipinski definition) is 3. The van der Waals surface area contributed by atoms with Crippen LogP contribution >= 0.6 is 11.6 Å². The maximum atomic E-state index is 13.2. The summed E-state index contributed by atoms with van der Waals surface area (Å²) in [6, 6.07) is 7.23. The van der Waals surface area contributed by atoms with Crippen LogP contribution in [0.1, 0.15) is 38.5 Å². The van der Waals surface area contributed by atoms with E-state index < -0.39 is 0 Å². The van der Waals surface area contributed by atoms with E-state index in [2.05, 4.69) is 10.2 Å². The van der Waals surface area contributed by atoms with Gasteiger partial charge in [-0.2, -0.15) is 0 Å². The largest absolute Gasteiger partial charge is 0.377 e. The van der Waals surface area contributed by atoms with Crippen LogP contribution in [0.25, 0.3) is 0 Å². The Morgan fingerprint density at radius 1 is 1.14 bits per heavy atom. The Kier molecular flexibility index (Phi) is 5.21. The van der Waals surface area contributed by atoms with Gasteiger partial charge in [0.15, 0.2) is 0 Å². The molecule has 22 heavy (non-hydrogen) atoms. The Morgan fingerprint density at radius 2 is 1.82 bits per heavy atom. The fraction of sp³-hybridized carbons (Fsp3) is 0.588. The molecule has 1 aromatic carbocycles. The first-order valence-electron chi connectivity index (χ1n) is 8.18. The Balaban J connectivity index is 1.48. The summed E-state index contributed by atoms with van der Waals surface area (Å²) in [7, 11) is 0. The van der Waals surface area contributed by atoms with Gasteiger partial charge in [0, 0.05) is 30.9 Å². The molecule has 1 heterocycles. The van der Waals surface area contributed by atoms with Crippen LogP contribution in [0.4, 0.5) is 10.1 Å². The third-order valence-electron chi connectivity index (χ3n) is 4.90. The number of likely N-dealkylation sites (tertiary alicyclic amines) is 1. The molecule has 2 fully saturated rings. The summed E-state index contributed by atoms with van der Waals surface area (Å²) in [5.74, 6) is -0.373. The lowest BCUT2D eigenvalue weighted by atomic mass is 9.89. The van der Waals surface area contributed by atoms with Gasteiger partial charge in [-0.25, -0.2) is 4.39 Å². The fourth-order valence-electron chi connectivity index (χ4n) is 3.53. The summed E-state index contributed by atoms with van der Waals surface area (Å²) in [6.07, 6.45) is 6.86. The maximum absolute atomic E-state index is 13.2. The molecular formula is C17H24ClFN3. The van der Waals surface area contributed by atoms with Crippen LogP contribution in [0.5, 0.6) is 0 Å². The van der Waals surface area contributed by atoms with Crippen molar-refractivity contribution in [3.63, 3.8) is 0 Å². The predicted octanol–water partition coefficient (Wildman–Crippen LogP) is 3.79. The van der Waals surface area contributed by atoms with Crippen LogP contribution in [0.2, 0.25) is 5.02 Å². The molecule has 0 atom stereocenters. The summed E-state index contributed by atoms with van der Waals surface area (Å²) in [4.78, 5) is 2.61. The zero-order chi connectivity index (χ0) is 15.5. The molecule has 0 bridgehead atoms. The average Bonchev–Trinajstić information content (AvgIpc) is 2.53. The topological polar surface area (TPSA) is 41.3 Å². The second-order valence-corrected chi connectivity index (χ2v) is 6.87. The zero-order valence-electron chi connectivity index (χ0n) is 12.8. The number of piperidine rings is 1. The highest BCUT2D eigenvalue weighted by Gasteiger charge is 2.28. The molecule has 2 aliphatic rings. The summed E-state index contributed by atoms with van der Waals surface area (Å²) in [5, 5.41) is 3.57. The highest BCUT2D eigenvalue weighted by atomic mass is 35.5. The Morgan fingerprint density at radius 3 is 2.45 bits per heavy atom. The minimum Gasteiger partial charge on any atom is -0.377 e. The van der Waals surface area contributed by atoms with Crippen LogP contribution < -0.4 is 11.1 Å². The summed E-state index contributed by atoms with van der Waals surface area (Å²) in [6.45, 7) is 2.19. The number of nitrogens with zero attached hydrogens (tertiary/aromatic N) is 1. The summed E-state index contributed by atoms with van der Waals surface area (Å²) in [5.41, 5.74) is 6.86. The second kappa shape index (κ2) is 7.16. The van der Waals surface area contributed by atoms with E-state index in [0.717, 1.165) is 44.5 Å². The van der Waals surface area contributed by atoms with E-state index in [9.17, 15) is 4.39 Å². The van der Waals surface area contributed by atoms with E-state index >= 15 is 0 Å². The van der Waals surface area contributed by atoms with Gasteiger partial charge in [-0.3, -0.25) is 0 Å². The van der Waals surface area contributed by atoms with Gasteiger partial charge >= 0.3 is 0 Å². The Bertz CT molecular complexity index is 495. The standard InChI is InChI=1S/C17H24ClFN3/c18-16-11-14(3-6-17(16)19)21-13-7-9-22(10-8-13)15-4-1-12(20)2-5-15/h3,6,11-12,15,21H,1-2,4-5,7-10,20H2. The van der Waals surface area contributed by atoms with Crippen molar-refractivity contribution < 1.29 is 4.39 Å². The monoisotopic (exact) mass is 324 g/mol. The lowest BCUT2D eigenvalue weighted by Gasteiger charge is -2.40. The van der Waals surface area contributed by atoms with E-state index in [-0.39, 0.29) is 10.8 Å². The number of halogens is 2. The third kappa shape index (κ3) is 3.92. The Labute approximate surface area is 137 Å². The van der Waals surface area contributed by atoms with Crippen molar-refractivity contribution in [1.29, 1.82) is 0 Å². The van der Waals surface area contributed by atoms with Gasteiger partial charge in [0.1, 0.15) is 5.82 Å². The normalized spacial score (nSPS) is 27.8. The lowest BCUT2D eigenvalue weighted by Crippen LogP contribution is -2.45. The SMILES string of the molecule is NC1CCC(N2CC[C](Nc3ccc(F)c(Cl)c3)CC2)CC1. The molecule has 1 aromatic rings. The molecule has 0 spiro atoms. The minimum absolute atomic E-state index is 0.168. The van der Waals surface area contributed by atoms with Crippen LogP contribution in [0.15, 0.2) is 18.2 Å². The number of nitrogens with one attached hydrogen (secondary N) is 1. The van der Waals surface area contributed by atoms with E-state index in [1.54, 1.807) is 12.1 Å². The molecule has 3 nitrogen and oxygen atoms in total. The Hall–Kier alpha value is -0.840. The number of anilines is 1. The molecule has 3 N–H and O–H groups in total. The van der Waals surface area contributed by atoms with Gasteiger partial charge < -0.3 is 16.0 Å². The number of benzene rings is 1. The van der Waals surface area contributed by atoms with Gasteiger partial charge in [-0.05, 0) is 56.7 Å². The van der Waals surface area contributed by atoms with Crippen molar-refractivity contribution in [2.24, 2.45) is 5.73 Å². The van der Waals surface area contributed by atoms with Crippen molar-refractivity contribution in [3.8, 4) is 0 Å². The van der Waals surface area contributed by atoms with Crippen LogP contribution in [-0.2, 0) is 0 Å². The first-order chi connectivity index (χ1) is 10.6. The van der Waals surface area contributed by atoms with Crippen LogP contribution in [0.3, 0.4) is 0 Å². The van der Waals surface area contributed by atoms with Gasteiger partial charge in [0.05, 0.1) is 11.1 Å². The zero-order valence-corrected chi connectivity index (χ0v) is 13.6. The molecule has 0 amide bonds. The average molecular weight is 325 g/mol. The van der Waals surface area contributed by atoms with Crippen molar-refractivity contribution in [3.05, 3.63) is 35.1 Å². The lowest BCUT2D eigenvalue weighted by molar-refractivity contribution is 0.133. The highest BCUT2D eigenvalue weighted by molar-refractivity contribution is 6.31. The van der Waals surface area contributed by atoms with Crippen LogP contribution in [0, 0.1) is 11.9 Å².